The summed E-state index contributed by atoms with van der Waals surface area (Å²) < 4.78 is 12.3. The van der Waals surface area contributed by atoms with Gasteiger partial charge in [-0.05, 0) is 36.6 Å². The highest BCUT2D eigenvalue weighted by Gasteiger charge is 2.87. The van der Waals surface area contributed by atoms with Gasteiger partial charge in [-0.25, -0.2) is 4.79 Å². The van der Waals surface area contributed by atoms with Crippen LogP contribution in [0.15, 0.2) is 47.6 Å². The maximum Gasteiger partial charge on any atom is 0.340 e. The van der Waals surface area contributed by atoms with Crippen LogP contribution in [0.2, 0.25) is 0 Å². The number of carbonyl (C=O) groups excluding carboxylic acids is 4. The van der Waals surface area contributed by atoms with Crippen LogP contribution in [0.3, 0.4) is 0 Å². The molecule has 8 heteroatoms. The van der Waals surface area contributed by atoms with Crippen molar-refractivity contribution in [2.24, 2.45) is 35.0 Å². The summed E-state index contributed by atoms with van der Waals surface area (Å²) >= 11 is 0. The molecule has 0 spiro atoms. The minimum Gasteiger partial charge on any atom is -0.454 e. The molecule has 2 saturated carbocycles. The average molecular weight is 522 g/mol. The molecule has 38 heavy (non-hydrogen) atoms. The fourth-order valence-corrected chi connectivity index (χ4v) is 7.97. The zero-order valence-corrected chi connectivity index (χ0v) is 22.6. The van der Waals surface area contributed by atoms with E-state index in [0.29, 0.717) is 22.4 Å². The predicted molar refractivity (Wildman–Crippen MR) is 139 cm³/mol. The van der Waals surface area contributed by atoms with Crippen molar-refractivity contribution in [1.82, 2.24) is 0 Å². The van der Waals surface area contributed by atoms with Gasteiger partial charge < -0.3 is 19.9 Å². The molecule has 202 valence electrons. The monoisotopic (exact) mass is 521 g/mol. The Labute approximate surface area is 222 Å². The van der Waals surface area contributed by atoms with Gasteiger partial charge in [-0.1, -0.05) is 45.1 Å². The van der Waals surface area contributed by atoms with Crippen LogP contribution < -0.4 is 5.32 Å². The van der Waals surface area contributed by atoms with E-state index in [4.69, 9.17) is 9.47 Å². The quantitative estimate of drug-likeness (QED) is 0.446. The van der Waals surface area contributed by atoms with Crippen molar-refractivity contribution in [3.8, 4) is 0 Å². The first-order chi connectivity index (χ1) is 17.9. The van der Waals surface area contributed by atoms with E-state index in [9.17, 15) is 24.3 Å². The Bertz CT molecular complexity index is 1300. The van der Waals surface area contributed by atoms with Gasteiger partial charge in [0, 0.05) is 54.7 Å². The van der Waals surface area contributed by atoms with E-state index >= 15 is 0 Å². The molecule has 0 aromatic heterocycles. The SMILES string of the molecule is CNc1ccccc1C(=O)O[C@@H]1[C@@H](C)[C@]2(O)[C@@H]3C=C(C)C(=O)[C@H]3CC(C=O)=C[C@@H]2[C@@H]2C(C)(C)[C@]12OC(C)=O. The van der Waals surface area contributed by atoms with Crippen LogP contribution in [-0.2, 0) is 23.9 Å². The number of Topliss-reactive ketones (excluding diaryl/α,β-unsaturated/α-hetero) is 1. The number of fused-ring (bicyclic) bond motifs is 5. The Morgan fingerprint density at radius 1 is 1.16 bits per heavy atom. The highest BCUT2D eigenvalue weighted by Crippen LogP contribution is 2.77. The Balaban J connectivity index is 1.68. The predicted octanol–water partition coefficient (Wildman–Crippen LogP) is 3.50. The number of rotatable bonds is 5. The number of aliphatic hydroxyl groups is 1. The smallest absolute Gasteiger partial charge is 0.340 e. The lowest BCUT2D eigenvalue weighted by Crippen LogP contribution is -2.63. The van der Waals surface area contributed by atoms with Crippen molar-refractivity contribution in [3.05, 3.63) is 53.1 Å². The standard InChI is InChI=1S/C30H35NO7/c1-15-11-21-20(24(15)34)12-18(14-32)13-22-25-28(4,5)30(25,38-17(3)33)26(16(2)29(21,22)36)37-27(35)19-9-7-8-10-23(19)31-6/h7-11,13-14,16,20-22,25-26,31,36H,12H2,1-6H3/t16-,20+,21-,22-,25-,26-,29+,30-/m1/s1. The molecular formula is C30H35NO7. The summed E-state index contributed by atoms with van der Waals surface area (Å²) in [5, 5.41) is 15.7. The first-order valence-electron chi connectivity index (χ1n) is 13.1. The molecule has 2 fully saturated rings. The van der Waals surface area contributed by atoms with Crippen LogP contribution in [0.5, 0.6) is 0 Å². The molecule has 0 unspecified atom stereocenters. The molecular weight excluding hydrogens is 486 g/mol. The van der Waals surface area contributed by atoms with Gasteiger partial charge in [-0.2, -0.15) is 0 Å². The number of benzene rings is 1. The molecule has 0 aliphatic heterocycles. The number of carbonyl (C=O) groups is 4. The number of ketones is 1. The average Bonchev–Trinajstić information content (AvgIpc) is 3.27. The van der Waals surface area contributed by atoms with Crippen molar-refractivity contribution in [2.75, 3.05) is 12.4 Å². The number of aldehydes is 1. The molecule has 0 amide bonds. The van der Waals surface area contributed by atoms with E-state index in [0.717, 1.165) is 6.29 Å². The summed E-state index contributed by atoms with van der Waals surface area (Å²) in [4.78, 5) is 51.3. The van der Waals surface area contributed by atoms with Crippen LogP contribution in [0, 0.1) is 35.0 Å². The second-order valence-corrected chi connectivity index (χ2v) is 11.8. The van der Waals surface area contributed by atoms with Crippen LogP contribution in [-0.4, -0.2) is 53.5 Å². The van der Waals surface area contributed by atoms with Crippen LogP contribution in [0.4, 0.5) is 5.69 Å². The third kappa shape index (κ3) is 3.32. The van der Waals surface area contributed by atoms with E-state index in [1.807, 2.05) is 19.9 Å². The van der Waals surface area contributed by atoms with Gasteiger partial charge in [0.05, 0.1) is 11.2 Å². The lowest BCUT2D eigenvalue weighted by molar-refractivity contribution is -0.207. The summed E-state index contributed by atoms with van der Waals surface area (Å²) in [7, 11) is 1.71. The maximum absolute atomic E-state index is 13.6. The molecule has 4 aliphatic carbocycles. The van der Waals surface area contributed by atoms with Crippen molar-refractivity contribution in [1.29, 1.82) is 0 Å². The van der Waals surface area contributed by atoms with Gasteiger partial charge in [-0.15, -0.1) is 0 Å². The molecule has 0 radical (unpaired) electrons. The second kappa shape index (κ2) is 8.63. The van der Waals surface area contributed by atoms with Gasteiger partial charge in [-0.3, -0.25) is 14.4 Å². The topological polar surface area (TPSA) is 119 Å². The highest BCUT2D eigenvalue weighted by atomic mass is 16.6. The van der Waals surface area contributed by atoms with Gasteiger partial charge in [0.25, 0.3) is 0 Å². The lowest BCUT2D eigenvalue weighted by atomic mass is 9.60. The fourth-order valence-electron chi connectivity index (χ4n) is 7.97. The van der Waals surface area contributed by atoms with E-state index in [1.165, 1.54) is 6.92 Å². The lowest BCUT2D eigenvalue weighted by Gasteiger charge is -2.52. The molecule has 0 heterocycles. The summed E-state index contributed by atoms with van der Waals surface area (Å²) in [5.41, 5.74) is -1.54. The van der Waals surface area contributed by atoms with Gasteiger partial charge in [0.15, 0.2) is 11.4 Å². The van der Waals surface area contributed by atoms with Crippen LogP contribution >= 0.6 is 0 Å². The number of hydrogen-bond acceptors (Lipinski definition) is 8. The molecule has 8 nitrogen and oxygen atoms in total. The number of allylic oxidation sites excluding steroid dienone is 2. The molecule has 2 N–H and O–H groups in total. The molecule has 0 saturated heterocycles. The van der Waals surface area contributed by atoms with Crippen molar-refractivity contribution in [3.63, 3.8) is 0 Å². The van der Waals surface area contributed by atoms with Crippen LogP contribution in [0.1, 0.15) is 51.4 Å². The molecule has 5 rings (SSSR count). The fraction of sp³-hybridized carbons (Fsp3) is 0.533. The number of esters is 2. The number of anilines is 1. The number of hydrogen-bond donors (Lipinski definition) is 2. The van der Waals surface area contributed by atoms with Crippen LogP contribution in [0.25, 0.3) is 0 Å². The Kier molecular flexibility index (Phi) is 5.98. The normalized spacial score (nSPS) is 38.3. The van der Waals surface area contributed by atoms with E-state index < -0.39 is 64.2 Å². The largest absolute Gasteiger partial charge is 0.454 e. The van der Waals surface area contributed by atoms with Crippen molar-refractivity contribution in [2.45, 2.75) is 58.3 Å². The number of nitrogens with one attached hydrogen (secondary N) is 1. The Morgan fingerprint density at radius 2 is 1.84 bits per heavy atom. The molecule has 1 aromatic carbocycles. The summed E-state index contributed by atoms with van der Waals surface area (Å²) in [5.74, 6) is -4.17. The summed E-state index contributed by atoms with van der Waals surface area (Å²) in [6, 6.07) is 6.94. The minimum atomic E-state index is -1.53. The molecule has 0 bridgehead atoms. The first-order valence-corrected chi connectivity index (χ1v) is 13.1. The van der Waals surface area contributed by atoms with Gasteiger partial charge >= 0.3 is 11.9 Å². The number of para-hydroxylation sites is 1. The third-order valence-electron chi connectivity index (χ3n) is 9.75. The number of ether oxygens (including phenoxy) is 2. The Morgan fingerprint density at radius 3 is 2.47 bits per heavy atom. The maximum atomic E-state index is 13.6. The van der Waals surface area contributed by atoms with Gasteiger partial charge in [0.2, 0.25) is 0 Å². The summed E-state index contributed by atoms with van der Waals surface area (Å²) in [6.07, 6.45) is 3.55. The molecule has 1 aromatic rings. The van der Waals surface area contributed by atoms with Crippen molar-refractivity contribution < 1.29 is 33.8 Å². The summed E-state index contributed by atoms with van der Waals surface area (Å²) in [6.45, 7) is 8.69. The minimum absolute atomic E-state index is 0.0904. The van der Waals surface area contributed by atoms with E-state index in [2.05, 4.69) is 5.32 Å². The second-order valence-electron chi connectivity index (χ2n) is 11.8. The Hall–Kier alpha value is -3.26. The van der Waals surface area contributed by atoms with E-state index in [1.54, 1.807) is 51.2 Å². The third-order valence-corrected chi connectivity index (χ3v) is 9.75. The van der Waals surface area contributed by atoms with E-state index in [-0.39, 0.29) is 12.2 Å². The first kappa shape index (κ1) is 26.4. The zero-order valence-electron chi connectivity index (χ0n) is 22.6. The zero-order chi connectivity index (χ0) is 27.8. The van der Waals surface area contributed by atoms with Gasteiger partial charge in [0.1, 0.15) is 12.4 Å². The van der Waals surface area contributed by atoms with Crippen molar-refractivity contribution >= 4 is 29.7 Å². The highest BCUT2D eigenvalue weighted by molar-refractivity contribution is 6.00. The molecule has 4 aliphatic rings. The molecule has 8 atom stereocenters.